The van der Waals surface area contributed by atoms with E-state index in [1.165, 1.54) is 12.1 Å². The first-order chi connectivity index (χ1) is 8.47. The molecule has 0 bridgehead atoms. The average Bonchev–Trinajstić information content (AvgIpc) is 2.63. The van der Waals surface area contributed by atoms with Crippen molar-refractivity contribution < 1.29 is 14.3 Å². The Balaban J connectivity index is 2.21. The predicted octanol–water partition coefficient (Wildman–Crippen LogP) is 2.13. The number of benzene rings is 1. The summed E-state index contributed by atoms with van der Waals surface area (Å²) >= 11 is 1.06. The van der Waals surface area contributed by atoms with Crippen molar-refractivity contribution in [2.45, 2.75) is 6.92 Å². The molecule has 2 aromatic rings. The maximum absolute atomic E-state index is 13.1. The SMILES string of the molecule is Cc1nc(N)sc1C(=O)Nc1ccc(O)c(F)c1. The summed E-state index contributed by atoms with van der Waals surface area (Å²) in [5.41, 5.74) is 6.26. The van der Waals surface area contributed by atoms with E-state index in [1.54, 1.807) is 6.92 Å². The van der Waals surface area contributed by atoms with Gasteiger partial charge in [0.05, 0.1) is 5.69 Å². The van der Waals surface area contributed by atoms with Crippen molar-refractivity contribution >= 4 is 28.1 Å². The number of nitrogen functional groups attached to an aromatic ring is 1. The van der Waals surface area contributed by atoms with E-state index in [-0.39, 0.29) is 5.69 Å². The number of rotatable bonds is 2. The third kappa shape index (κ3) is 2.40. The molecular formula is C11H10FN3O2S. The number of halogens is 1. The lowest BCUT2D eigenvalue weighted by Gasteiger charge is -2.04. The van der Waals surface area contributed by atoms with Crippen LogP contribution in [-0.4, -0.2) is 16.0 Å². The van der Waals surface area contributed by atoms with Crippen LogP contribution in [0, 0.1) is 12.7 Å². The number of phenols is 1. The fraction of sp³-hybridized carbons (Fsp3) is 0.0909. The Kier molecular flexibility index (Phi) is 3.15. The molecule has 1 heterocycles. The van der Waals surface area contributed by atoms with Gasteiger partial charge in [0.2, 0.25) is 0 Å². The van der Waals surface area contributed by atoms with Crippen LogP contribution in [0.5, 0.6) is 5.75 Å². The molecule has 5 nitrogen and oxygen atoms in total. The van der Waals surface area contributed by atoms with E-state index in [1.807, 2.05) is 0 Å². The van der Waals surface area contributed by atoms with Crippen molar-refractivity contribution in [2.24, 2.45) is 0 Å². The largest absolute Gasteiger partial charge is 0.505 e. The van der Waals surface area contributed by atoms with E-state index in [9.17, 15) is 9.18 Å². The number of nitrogens with zero attached hydrogens (tertiary/aromatic N) is 1. The van der Waals surface area contributed by atoms with Crippen LogP contribution in [0.4, 0.5) is 15.2 Å². The standard InChI is InChI=1S/C11H10FN3O2S/c1-5-9(18-11(13)14-5)10(17)15-6-2-3-8(16)7(12)4-6/h2-4,16H,1H3,(H2,13,14)(H,15,17). The second-order valence-electron chi connectivity index (χ2n) is 3.59. The van der Waals surface area contributed by atoms with Gasteiger partial charge in [-0.25, -0.2) is 9.37 Å². The van der Waals surface area contributed by atoms with Crippen LogP contribution >= 0.6 is 11.3 Å². The van der Waals surface area contributed by atoms with Crippen molar-refractivity contribution in [2.75, 3.05) is 11.1 Å². The van der Waals surface area contributed by atoms with Gasteiger partial charge in [-0.15, -0.1) is 0 Å². The molecule has 0 aliphatic rings. The molecule has 2 rings (SSSR count). The number of nitrogens with two attached hydrogens (primary N) is 1. The maximum atomic E-state index is 13.1. The Morgan fingerprint density at radius 3 is 2.83 bits per heavy atom. The molecule has 94 valence electrons. The second-order valence-corrected chi connectivity index (χ2v) is 4.62. The van der Waals surface area contributed by atoms with Gasteiger partial charge in [-0.3, -0.25) is 4.79 Å². The Bertz CT molecular complexity index is 612. The molecule has 0 saturated heterocycles. The second kappa shape index (κ2) is 4.61. The molecule has 0 aliphatic carbocycles. The minimum Gasteiger partial charge on any atom is -0.505 e. The van der Waals surface area contributed by atoms with Gasteiger partial charge in [-0.2, -0.15) is 0 Å². The fourth-order valence-electron chi connectivity index (χ4n) is 1.40. The van der Waals surface area contributed by atoms with Gasteiger partial charge in [-0.05, 0) is 19.1 Å². The van der Waals surface area contributed by atoms with Crippen molar-refractivity contribution in [1.82, 2.24) is 4.98 Å². The van der Waals surface area contributed by atoms with Crippen molar-refractivity contribution in [3.8, 4) is 5.75 Å². The summed E-state index contributed by atoms with van der Waals surface area (Å²) in [5.74, 6) is -1.67. The van der Waals surface area contributed by atoms with Crippen molar-refractivity contribution in [1.29, 1.82) is 0 Å². The third-order valence-electron chi connectivity index (χ3n) is 2.22. The van der Waals surface area contributed by atoms with Gasteiger partial charge in [0.15, 0.2) is 16.7 Å². The van der Waals surface area contributed by atoms with Crippen LogP contribution < -0.4 is 11.1 Å². The minimum atomic E-state index is -0.798. The van der Waals surface area contributed by atoms with Crippen LogP contribution in [-0.2, 0) is 0 Å². The number of hydrogen-bond donors (Lipinski definition) is 3. The van der Waals surface area contributed by atoms with Crippen LogP contribution in [0.25, 0.3) is 0 Å². The molecule has 0 unspecified atom stereocenters. The molecule has 18 heavy (non-hydrogen) atoms. The average molecular weight is 267 g/mol. The van der Waals surface area contributed by atoms with Gasteiger partial charge in [0, 0.05) is 11.8 Å². The van der Waals surface area contributed by atoms with Gasteiger partial charge in [0.25, 0.3) is 5.91 Å². The molecule has 7 heteroatoms. The first kappa shape index (κ1) is 12.3. The molecule has 0 saturated carbocycles. The van der Waals surface area contributed by atoms with Gasteiger partial charge in [0.1, 0.15) is 4.88 Å². The molecule has 4 N–H and O–H groups in total. The number of hydrogen-bond acceptors (Lipinski definition) is 5. The normalized spacial score (nSPS) is 10.3. The highest BCUT2D eigenvalue weighted by Crippen LogP contribution is 2.23. The summed E-state index contributed by atoms with van der Waals surface area (Å²) in [6, 6.07) is 3.60. The first-order valence-corrected chi connectivity index (χ1v) is 5.82. The lowest BCUT2D eigenvalue weighted by atomic mass is 10.2. The number of thiazole rings is 1. The molecule has 0 atom stereocenters. The van der Waals surface area contributed by atoms with E-state index in [0.29, 0.717) is 15.7 Å². The molecule has 0 aliphatic heterocycles. The Morgan fingerprint density at radius 1 is 1.56 bits per heavy atom. The highest BCUT2D eigenvalue weighted by molar-refractivity contribution is 7.17. The number of amides is 1. The summed E-state index contributed by atoms with van der Waals surface area (Å²) < 4.78 is 13.1. The third-order valence-corrected chi connectivity index (χ3v) is 3.21. The van der Waals surface area contributed by atoms with Gasteiger partial charge >= 0.3 is 0 Å². The first-order valence-electron chi connectivity index (χ1n) is 5.00. The van der Waals surface area contributed by atoms with E-state index in [4.69, 9.17) is 10.8 Å². The van der Waals surface area contributed by atoms with E-state index < -0.39 is 17.5 Å². The topological polar surface area (TPSA) is 88.2 Å². The number of carbonyl (C=O) groups is 1. The summed E-state index contributed by atoms with van der Waals surface area (Å²) in [6.45, 7) is 1.67. The predicted molar refractivity (Wildman–Crippen MR) is 67.3 cm³/mol. The Morgan fingerprint density at radius 2 is 2.28 bits per heavy atom. The number of aromatic hydroxyl groups is 1. The zero-order chi connectivity index (χ0) is 13.3. The number of anilines is 2. The van der Waals surface area contributed by atoms with Crippen LogP contribution in [0.2, 0.25) is 0 Å². The molecule has 1 amide bonds. The highest BCUT2D eigenvalue weighted by Gasteiger charge is 2.14. The number of carbonyl (C=O) groups excluding carboxylic acids is 1. The monoisotopic (exact) mass is 267 g/mol. The number of aryl methyl sites for hydroxylation is 1. The van der Waals surface area contributed by atoms with Crippen molar-refractivity contribution in [3.63, 3.8) is 0 Å². The lowest BCUT2D eigenvalue weighted by Crippen LogP contribution is -2.11. The smallest absolute Gasteiger partial charge is 0.267 e. The molecule has 0 fully saturated rings. The number of nitrogens with one attached hydrogen (secondary N) is 1. The summed E-state index contributed by atoms with van der Waals surface area (Å²) in [7, 11) is 0. The molecular weight excluding hydrogens is 257 g/mol. The minimum absolute atomic E-state index is 0.252. The van der Waals surface area contributed by atoms with Gasteiger partial charge < -0.3 is 16.2 Å². The summed E-state index contributed by atoms with van der Waals surface area (Å²) in [4.78, 5) is 16.2. The van der Waals surface area contributed by atoms with Crippen LogP contribution in [0.1, 0.15) is 15.4 Å². The lowest BCUT2D eigenvalue weighted by molar-refractivity contribution is 0.103. The number of phenolic OH excluding ortho intramolecular Hbond substituents is 1. The molecule has 1 aromatic heterocycles. The summed E-state index contributed by atoms with van der Waals surface area (Å²) in [5, 5.41) is 11.8. The quantitative estimate of drug-likeness (QED) is 0.727. The summed E-state index contributed by atoms with van der Waals surface area (Å²) in [6.07, 6.45) is 0. The fourth-order valence-corrected chi connectivity index (χ4v) is 2.13. The van der Waals surface area contributed by atoms with E-state index in [2.05, 4.69) is 10.3 Å². The van der Waals surface area contributed by atoms with Crippen molar-refractivity contribution in [3.05, 3.63) is 34.6 Å². The maximum Gasteiger partial charge on any atom is 0.267 e. The Labute approximate surface area is 106 Å². The van der Waals surface area contributed by atoms with E-state index in [0.717, 1.165) is 17.4 Å². The Hall–Kier alpha value is -2.15. The molecule has 1 aromatic carbocycles. The van der Waals surface area contributed by atoms with E-state index >= 15 is 0 Å². The molecule has 0 spiro atoms. The highest BCUT2D eigenvalue weighted by atomic mass is 32.1. The number of aromatic nitrogens is 1. The van der Waals surface area contributed by atoms with Gasteiger partial charge in [-0.1, -0.05) is 11.3 Å². The van der Waals surface area contributed by atoms with Crippen LogP contribution in [0.3, 0.4) is 0 Å². The zero-order valence-corrected chi connectivity index (χ0v) is 10.2. The van der Waals surface area contributed by atoms with Crippen LogP contribution in [0.15, 0.2) is 18.2 Å². The zero-order valence-electron chi connectivity index (χ0n) is 9.40. The molecule has 0 radical (unpaired) electrons.